The van der Waals surface area contributed by atoms with Crippen molar-refractivity contribution >= 4 is 30.2 Å². The zero-order valence-corrected chi connectivity index (χ0v) is 12.3. The van der Waals surface area contributed by atoms with Crippen molar-refractivity contribution < 1.29 is 14.7 Å². The van der Waals surface area contributed by atoms with Crippen molar-refractivity contribution in [2.45, 2.75) is 20.8 Å². The van der Waals surface area contributed by atoms with Crippen LogP contribution >= 0.6 is 12.6 Å². The van der Waals surface area contributed by atoms with Crippen LogP contribution in [0, 0.1) is 19.8 Å². The number of carbonyl (C=O) groups is 2. The Labute approximate surface area is 118 Å². The van der Waals surface area contributed by atoms with Gasteiger partial charge in [0, 0.05) is 17.4 Å². The van der Waals surface area contributed by atoms with E-state index in [0.717, 1.165) is 11.1 Å². The summed E-state index contributed by atoms with van der Waals surface area (Å²) in [5.41, 5.74) is 2.62. The number of nitrogens with zero attached hydrogens (tertiary/aromatic N) is 1. The molecule has 1 aromatic carbocycles. The number of amides is 1. The Balaban J connectivity index is 3.15. The molecule has 5 heteroatoms. The van der Waals surface area contributed by atoms with Gasteiger partial charge in [0.05, 0.1) is 0 Å². The van der Waals surface area contributed by atoms with Gasteiger partial charge in [-0.1, -0.05) is 13.0 Å². The van der Waals surface area contributed by atoms with E-state index in [1.54, 1.807) is 6.92 Å². The van der Waals surface area contributed by atoms with Crippen LogP contribution in [0.25, 0.3) is 0 Å². The van der Waals surface area contributed by atoms with Crippen LogP contribution in [-0.4, -0.2) is 29.3 Å². The van der Waals surface area contributed by atoms with Crippen molar-refractivity contribution in [3.8, 4) is 0 Å². The van der Waals surface area contributed by atoms with Crippen molar-refractivity contribution in [1.29, 1.82) is 0 Å². The summed E-state index contributed by atoms with van der Waals surface area (Å²) in [7, 11) is 0. The molecule has 1 atom stereocenters. The lowest BCUT2D eigenvalue weighted by molar-refractivity contribution is -0.137. The average Bonchev–Trinajstić information content (AvgIpc) is 2.32. The minimum absolute atomic E-state index is 0.220. The van der Waals surface area contributed by atoms with Crippen LogP contribution < -0.4 is 4.90 Å². The van der Waals surface area contributed by atoms with Crippen LogP contribution in [0.3, 0.4) is 0 Å². The Morgan fingerprint density at radius 2 is 1.79 bits per heavy atom. The monoisotopic (exact) mass is 281 g/mol. The predicted octanol–water partition coefficient (Wildman–Crippen LogP) is 2.29. The fourth-order valence-corrected chi connectivity index (χ4v) is 2.04. The molecule has 0 fully saturated rings. The third-order valence-corrected chi connectivity index (χ3v) is 3.32. The molecule has 0 aliphatic heterocycles. The van der Waals surface area contributed by atoms with Gasteiger partial charge in [-0.15, -0.1) is 0 Å². The van der Waals surface area contributed by atoms with E-state index in [1.165, 1.54) is 4.90 Å². The van der Waals surface area contributed by atoms with Gasteiger partial charge < -0.3 is 10.0 Å². The third kappa shape index (κ3) is 4.28. The standard InChI is InChI=1S/C14H19NO3S/c1-9-4-10(2)6-12(5-9)15(7-13(16)17)14(18)11(3)8-19/h4-6,11,19H,7-8H2,1-3H3,(H,16,17)/t11-/m1/s1. The van der Waals surface area contributed by atoms with Crippen molar-refractivity contribution in [1.82, 2.24) is 0 Å². The molecule has 104 valence electrons. The molecule has 1 rings (SSSR count). The second kappa shape index (κ2) is 6.61. The Bertz CT molecular complexity index is 467. The number of anilines is 1. The molecule has 1 amide bonds. The number of aryl methyl sites for hydroxylation is 2. The van der Waals surface area contributed by atoms with Crippen molar-refractivity contribution in [2.75, 3.05) is 17.2 Å². The lowest BCUT2D eigenvalue weighted by atomic mass is 10.1. The van der Waals surface area contributed by atoms with E-state index < -0.39 is 5.97 Å². The zero-order valence-electron chi connectivity index (χ0n) is 11.4. The SMILES string of the molecule is Cc1cc(C)cc(N(CC(=O)O)C(=O)[C@H](C)CS)c1. The van der Waals surface area contributed by atoms with E-state index in [4.69, 9.17) is 5.11 Å². The maximum Gasteiger partial charge on any atom is 0.323 e. The zero-order chi connectivity index (χ0) is 14.6. The minimum Gasteiger partial charge on any atom is -0.480 e. The highest BCUT2D eigenvalue weighted by atomic mass is 32.1. The molecular formula is C14H19NO3S. The molecule has 0 aromatic heterocycles. The van der Waals surface area contributed by atoms with Gasteiger partial charge in [0.1, 0.15) is 6.54 Å². The maximum absolute atomic E-state index is 12.2. The predicted molar refractivity (Wildman–Crippen MR) is 78.9 cm³/mol. The van der Waals surface area contributed by atoms with Crippen molar-refractivity contribution in [3.05, 3.63) is 29.3 Å². The highest BCUT2D eigenvalue weighted by Gasteiger charge is 2.23. The van der Waals surface area contributed by atoms with Gasteiger partial charge in [0.2, 0.25) is 5.91 Å². The van der Waals surface area contributed by atoms with Gasteiger partial charge in [-0.2, -0.15) is 12.6 Å². The van der Waals surface area contributed by atoms with Crippen molar-refractivity contribution in [3.63, 3.8) is 0 Å². The van der Waals surface area contributed by atoms with E-state index in [0.29, 0.717) is 11.4 Å². The number of hydrogen-bond acceptors (Lipinski definition) is 3. The average molecular weight is 281 g/mol. The Kier molecular flexibility index (Phi) is 5.42. The van der Waals surface area contributed by atoms with Crippen LogP contribution in [0.4, 0.5) is 5.69 Å². The van der Waals surface area contributed by atoms with Crippen LogP contribution in [0.1, 0.15) is 18.1 Å². The number of thiol groups is 1. The molecule has 0 bridgehead atoms. The summed E-state index contributed by atoms with van der Waals surface area (Å²) in [5.74, 6) is -1.18. The second-order valence-electron chi connectivity index (χ2n) is 4.75. The molecule has 0 spiro atoms. The number of carboxylic acids is 1. The summed E-state index contributed by atoms with van der Waals surface area (Å²) in [6, 6.07) is 5.62. The molecule has 19 heavy (non-hydrogen) atoms. The normalized spacial score (nSPS) is 12.0. The fourth-order valence-electron chi connectivity index (χ4n) is 1.88. The van der Waals surface area contributed by atoms with Gasteiger partial charge in [-0.25, -0.2) is 0 Å². The van der Waals surface area contributed by atoms with Gasteiger partial charge >= 0.3 is 5.97 Å². The topological polar surface area (TPSA) is 57.6 Å². The van der Waals surface area contributed by atoms with Crippen molar-refractivity contribution in [2.24, 2.45) is 5.92 Å². The molecule has 0 aliphatic carbocycles. The summed E-state index contributed by atoms with van der Waals surface area (Å²) in [6.07, 6.45) is 0. The first-order chi connectivity index (χ1) is 8.85. The highest BCUT2D eigenvalue weighted by Crippen LogP contribution is 2.21. The molecule has 0 heterocycles. The Hall–Kier alpha value is -1.49. The van der Waals surface area contributed by atoms with Crippen LogP contribution in [0.2, 0.25) is 0 Å². The summed E-state index contributed by atoms with van der Waals surface area (Å²) in [6.45, 7) is 5.25. The first-order valence-electron chi connectivity index (χ1n) is 6.07. The number of aliphatic carboxylic acids is 1. The van der Waals surface area contributed by atoms with Crippen LogP contribution in [0.5, 0.6) is 0 Å². The first-order valence-corrected chi connectivity index (χ1v) is 6.70. The van der Waals surface area contributed by atoms with E-state index >= 15 is 0 Å². The van der Waals surface area contributed by atoms with Gasteiger partial charge in [-0.3, -0.25) is 9.59 Å². The van der Waals surface area contributed by atoms with E-state index in [2.05, 4.69) is 12.6 Å². The van der Waals surface area contributed by atoms with E-state index in [9.17, 15) is 9.59 Å². The molecule has 0 saturated carbocycles. The van der Waals surface area contributed by atoms with Gasteiger partial charge in [0.15, 0.2) is 0 Å². The molecular weight excluding hydrogens is 262 g/mol. The lowest BCUT2D eigenvalue weighted by Gasteiger charge is -2.24. The molecule has 0 unspecified atom stereocenters. The largest absolute Gasteiger partial charge is 0.480 e. The molecule has 0 saturated heterocycles. The number of rotatable bonds is 5. The fraction of sp³-hybridized carbons (Fsp3) is 0.429. The second-order valence-corrected chi connectivity index (χ2v) is 5.11. The summed E-state index contributed by atoms with van der Waals surface area (Å²) < 4.78 is 0. The first kappa shape index (κ1) is 15.6. The number of carboxylic acid groups (broad SMARTS) is 1. The third-order valence-electron chi connectivity index (χ3n) is 2.77. The van der Waals surface area contributed by atoms with Crippen LogP contribution in [-0.2, 0) is 9.59 Å². The van der Waals surface area contributed by atoms with E-state index in [1.807, 2.05) is 32.0 Å². The molecule has 0 radical (unpaired) electrons. The smallest absolute Gasteiger partial charge is 0.323 e. The molecule has 1 N–H and O–H groups in total. The van der Waals surface area contributed by atoms with Gasteiger partial charge in [-0.05, 0) is 37.1 Å². The molecule has 1 aromatic rings. The number of benzene rings is 1. The summed E-state index contributed by atoms with van der Waals surface area (Å²) >= 11 is 4.10. The van der Waals surface area contributed by atoms with Gasteiger partial charge in [0.25, 0.3) is 0 Å². The Morgan fingerprint density at radius 1 is 1.26 bits per heavy atom. The minimum atomic E-state index is -1.03. The number of carbonyl (C=O) groups excluding carboxylic acids is 1. The highest BCUT2D eigenvalue weighted by molar-refractivity contribution is 7.80. The molecule has 0 aliphatic rings. The number of hydrogen-bond donors (Lipinski definition) is 2. The Morgan fingerprint density at radius 3 is 2.21 bits per heavy atom. The lowest BCUT2D eigenvalue weighted by Crippen LogP contribution is -2.39. The maximum atomic E-state index is 12.2. The molecule has 4 nitrogen and oxygen atoms in total. The van der Waals surface area contributed by atoms with E-state index in [-0.39, 0.29) is 18.4 Å². The summed E-state index contributed by atoms with van der Waals surface area (Å²) in [5, 5.41) is 8.97. The summed E-state index contributed by atoms with van der Waals surface area (Å²) in [4.78, 5) is 24.5. The van der Waals surface area contributed by atoms with Crippen LogP contribution in [0.15, 0.2) is 18.2 Å². The quantitative estimate of drug-likeness (QED) is 0.814.